The molecule has 1 rings (SSSR count). The average molecular weight is 183 g/mol. The van der Waals surface area contributed by atoms with Crippen molar-refractivity contribution in [2.24, 2.45) is 0 Å². The quantitative estimate of drug-likeness (QED) is 0.492. The summed E-state index contributed by atoms with van der Waals surface area (Å²) in [5.41, 5.74) is 6.47. The molecule has 0 aliphatic rings. The van der Waals surface area contributed by atoms with E-state index in [0.717, 1.165) is 0 Å². The molecular formula is C9H13NO3. The summed E-state index contributed by atoms with van der Waals surface area (Å²) >= 11 is 0. The van der Waals surface area contributed by atoms with Crippen LogP contribution < -0.4 is 5.73 Å². The van der Waals surface area contributed by atoms with Gasteiger partial charge in [-0.1, -0.05) is 6.07 Å². The molecule has 1 atom stereocenters. The smallest absolute Gasteiger partial charge is 0.120 e. The van der Waals surface area contributed by atoms with Crippen molar-refractivity contribution in [1.29, 1.82) is 0 Å². The Morgan fingerprint density at radius 2 is 2.08 bits per heavy atom. The van der Waals surface area contributed by atoms with E-state index in [4.69, 9.17) is 15.9 Å². The SMILES string of the molecule is Nc1cccc(O)c1CC(O)CO. The number of aromatic hydroxyl groups is 1. The molecule has 0 heterocycles. The van der Waals surface area contributed by atoms with Gasteiger partial charge in [0.1, 0.15) is 5.75 Å². The normalized spacial score (nSPS) is 12.8. The largest absolute Gasteiger partial charge is 0.508 e. The molecule has 0 spiro atoms. The summed E-state index contributed by atoms with van der Waals surface area (Å²) in [7, 11) is 0. The zero-order valence-corrected chi connectivity index (χ0v) is 7.14. The first kappa shape index (κ1) is 9.83. The Hall–Kier alpha value is -1.26. The Kier molecular flexibility index (Phi) is 3.11. The lowest BCUT2D eigenvalue weighted by molar-refractivity contribution is 0.0951. The summed E-state index contributed by atoms with van der Waals surface area (Å²) in [5.74, 6) is 0.0486. The third-order valence-corrected chi connectivity index (χ3v) is 1.84. The second-order valence-electron chi connectivity index (χ2n) is 2.89. The van der Waals surface area contributed by atoms with Gasteiger partial charge in [0.15, 0.2) is 0 Å². The third-order valence-electron chi connectivity index (χ3n) is 1.84. The maximum atomic E-state index is 9.36. The minimum Gasteiger partial charge on any atom is -0.508 e. The molecule has 1 aromatic rings. The predicted molar refractivity (Wildman–Crippen MR) is 49.3 cm³/mol. The van der Waals surface area contributed by atoms with Gasteiger partial charge in [-0.05, 0) is 12.1 Å². The Labute approximate surface area is 76.2 Å². The molecule has 0 amide bonds. The fourth-order valence-corrected chi connectivity index (χ4v) is 1.11. The summed E-state index contributed by atoms with van der Waals surface area (Å²) in [5, 5.41) is 27.1. The second kappa shape index (κ2) is 4.11. The van der Waals surface area contributed by atoms with Crippen molar-refractivity contribution < 1.29 is 15.3 Å². The highest BCUT2D eigenvalue weighted by molar-refractivity contribution is 5.53. The fraction of sp³-hybridized carbons (Fsp3) is 0.333. The molecule has 0 radical (unpaired) electrons. The van der Waals surface area contributed by atoms with Crippen molar-refractivity contribution in [2.45, 2.75) is 12.5 Å². The molecule has 4 nitrogen and oxygen atoms in total. The number of hydrogen-bond acceptors (Lipinski definition) is 4. The maximum absolute atomic E-state index is 9.36. The van der Waals surface area contributed by atoms with Crippen molar-refractivity contribution in [3.63, 3.8) is 0 Å². The summed E-state index contributed by atoms with van der Waals surface area (Å²) in [6.45, 7) is -0.340. The minimum absolute atomic E-state index is 0.0486. The van der Waals surface area contributed by atoms with Gasteiger partial charge < -0.3 is 21.1 Å². The number of rotatable bonds is 3. The van der Waals surface area contributed by atoms with Crippen LogP contribution in [0.4, 0.5) is 5.69 Å². The van der Waals surface area contributed by atoms with Crippen molar-refractivity contribution in [1.82, 2.24) is 0 Å². The van der Waals surface area contributed by atoms with E-state index >= 15 is 0 Å². The highest BCUT2D eigenvalue weighted by atomic mass is 16.3. The van der Waals surface area contributed by atoms with Crippen LogP contribution in [0.15, 0.2) is 18.2 Å². The lowest BCUT2D eigenvalue weighted by Gasteiger charge is -2.10. The standard InChI is InChI=1S/C9H13NO3/c10-8-2-1-3-9(13)7(8)4-6(12)5-11/h1-3,6,11-13H,4-5,10H2. The van der Waals surface area contributed by atoms with Crippen molar-refractivity contribution in [2.75, 3.05) is 12.3 Å². The fourth-order valence-electron chi connectivity index (χ4n) is 1.11. The van der Waals surface area contributed by atoms with Gasteiger partial charge in [0.05, 0.1) is 12.7 Å². The van der Waals surface area contributed by atoms with Crippen molar-refractivity contribution in [3.05, 3.63) is 23.8 Å². The monoisotopic (exact) mass is 183 g/mol. The van der Waals surface area contributed by atoms with E-state index in [-0.39, 0.29) is 18.8 Å². The molecule has 1 aromatic carbocycles. The zero-order chi connectivity index (χ0) is 9.84. The molecule has 4 heteroatoms. The number of phenolic OH excluding ortho intramolecular Hbond substituents is 1. The maximum Gasteiger partial charge on any atom is 0.120 e. The average Bonchev–Trinajstić information content (AvgIpc) is 2.11. The molecule has 0 saturated carbocycles. The summed E-state index contributed by atoms with van der Waals surface area (Å²) in [4.78, 5) is 0. The third kappa shape index (κ3) is 2.34. The molecule has 0 aliphatic carbocycles. The zero-order valence-electron chi connectivity index (χ0n) is 7.14. The molecule has 1 unspecified atom stereocenters. The van der Waals surface area contributed by atoms with Gasteiger partial charge in [-0.15, -0.1) is 0 Å². The van der Waals surface area contributed by atoms with Crippen LogP contribution >= 0.6 is 0 Å². The predicted octanol–water partition coefficient (Wildman–Crippen LogP) is -0.130. The number of phenols is 1. The number of aliphatic hydroxyl groups is 2. The van der Waals surface area contributed by atoms with E-state index in [1.54, 1.807) is 12.1 Å². The lowest BCUT2D eigenvalue weighted by atomic mass is 10.1. The Morgan fingerprint density at radius 3 is 2.62 bits per heavy atom. The van der Waals surface area contributed by atoms with E-state index < -0.39 is 6.10 Å². The Bertz CT molecular complexity index is 268. The van der Waals surface area contributed by atoms with Gasteiger partial charge >= 0.3 is 0 Å². The van der Waals surface area contributed by atoms with Crippen LogP contribution in [-0.2, 0) is 6.42 Å². The second-order valence-corrected chi connectivity index (χ2v) is 2.89. The van der Waals surface area contributed by atoms with Crippen LogP contribution in [0.2, 0.25) is 0 Å². The molecule has 0 bridgehead atoms. The number of aliphatic hydroxyl groups excluding tert-OH is 2. The summed E-state index contributed by atoms with van der Waals surface area (Å²) < 4.78 is 0. The van der Waals surface area contributed by atoms with Crippen LogP contribution in [-0.4, -0.2) is 28.0 Å². The van der Waals surface area contributed by atoms with Gasteiger partial charge in [0.2, 0.25) is 0 Å². The van der Waals surface area contributed by atoms with E-state index in [1.807, 2.05) is 0 Å². The van der Waals surface area contributed by atoms with E-state index in [1.165, 1.54) is 6.07 Å². The van der Waals surface area contributed by atoms with E-state index in [0.29, 0.717) is 11.3 Å². The summed E-state index contributed by atoms with van der Waals surface area (Å²) in [6.07, 6.45) is -0.717. The Balaban J connectivity index is 2.87. The van der Waals surface area contributed by atoms with Gasteiger partial charge in [0, 0.05) is 17.7 Å². The van der Waals surface area contributed by atoms with Gasteiger partial charge in [-0.25, -0.2) is 0 Å². The van der Waals surface area contributed by atoms with Crippen LogP contribution in [0, 0.1) is 0 Å². The van der Waals surface area contributed by atoms with Crippen LogP contribution in [0.1, 0.15) is 5.56 Å². The first-order valence-corrected chi connectivity index (χ1v) is 4.00. The number of nitrogens with two attached hydrogens (primary N) is 1. The van der Waals surface area contributed by atoms with Crippen LogP contribution in [0.3, 0.4) is 0 Å². The van der Waals surface area contributed by atoms with E-state index in [2.05, 4.69) is 0 Å². The number of hydrogen-bond donors (Lipinski definition) is 4. The molecule has 72 valence electrons. The van der Waals surface area contributed by atoms with Crippen molar-refractivity contribution >= 4 is 5.69 Å². The molecule has 5 N–H and O–H groups in total. The van der Waals surface area contributed by atoms with E-state index in [9.17, 15) is 5.11 Å². The lowest BCUT2D eigenvalue weighted by Crippen LogP contribution is -2.16. The topological polar surface area (TPSA) is 86.7 Å². The van der Waals surface area contributed by atoms with Gasteiger partial charge in [-0.2, -0.15) is 0 Å². The minimum atomic E-state index is -0.879. The molecule has 13 heavy (non-hydrogen) atoms. The van der Waals surface area contributed by atoms with Crippen LogP contribution in [0.25, 0.3) is 0 Å². The Morgan fingerprint density at radius 1 is 1.38 bits per heavy atom. The molecule has 0 fully saturated rings. The van der Waals surface area contributed by atoms with Crippen molar-refractivity contribution in [3.8, 4) is 5.75 Å². The summed E-state index contributed by atoms with van der Waals surface area (Å²) in [6, 6.07) is 4.76. The highest BCUT2D eigenvalue weighted by Crippen LogP contribution is 2.24. The molecule has 0 aliphatic heterocycles. The molecule has 0 saturated heterocycles. The van der Waals surface area contributed by atoms with Gasteiger partial charge in [0.25, 0.3) is 0 Å². The van der Waals surface area contributed by atoms with Gasteiger partial charge in [-0.3, -0.25) is 0 Å². The first-order chi connectivity index (χ1) is 6.15. The first-order valence-electron chi connectivity index (χ1n) is 4.00. The number of benzene rings is 1. The molecule has 0 aromatic heterocycles. The number of anilines is 1. The highest BCUT2D eigenvalue weighted by Gasteiger charge is 2.10. The molecular weight excluding hydrogens is 170 g/mol. The van der Waals surface area contributed by atoms with Crippen LogP contribution in [0.5, 0.6) is 5.75 Å². The number of nitrogen functional groups attached to an aromatic ring is 1.